The van der Waals surface area contributed by atoms with Crippen molar-refractivity contribution in [1.29, 1.82) is 0 Å². The molecule has 1 aromatic heterocycles. The Bertz CT molecular complexity index is 936. The Morgan fingerprint density at radius 1 is 1.04 bits per heavy atom. The largest absolute Gasteiger partial charge is 0.491 e. The van der Waals surface area contributed by atoms with E-state index in [2.05, 4.69) is 36.2 Å². The molecule has 4 nitrogen and oxygen atoms in total. The molecule has 0 aliphatic carbocycles. The number of rotatable bonds is 4. The summed E-state index contributed by atoms with van der Waals surface area (Å²) in [7, 11) is 0. The van der Waals surface area contributed by atoms with E-state index >= 15 is 0 Å². The zero-order chi connectivity index (χ0) is 18.6. The third kappa shape index (κ3) is 3.85. The van der Waals surface area contributed by atoms with Crippen LogP contribution in [0.5, 0.6) is 5.75 Å². The van der Waals surface area contributed by atoms with Gasteiger partial charge in [0.1, 0.15) is 12.4 Å². The van der Waals surface area contributed by atoms with Crippen LogP contribution in [0.15, 0.2) is 66.9 Å². The number of carbonyl (C=O) groups is 1. The quantitative estimate of drug-likeness (QED) is 0.704. The molecule has 0 spiro atoms. The van der Waals surface area contributed by atoms with Gasteiger partial charge in [-0.1, -0.05) is 42.0 Å². The highest BCUT2D eigenvalue weighted by atomic mass is 16.5. The highest BCUT2D eigenvalue weighted by Crippen LogP contribution is 2.29. The molecule has 0 saturated heterocycles. The molecule has 0 unspecified atom stereocenters. The second kappa shape index (κ2) is 7.62. The molecule has 136 valence electrons. The Morgan fingerprint density at radius 2 is 1.85 bits per heavy atom. The molecule has 0 bridgehead atoms. The van der Waals surface area contributed by atoms with E-state index in [1.165, 1.54) is 5.56 Å². The number of carbonyl (C=O) groups excluding carboxylic acids is 1. The van der Waals surface area contributed by atoms with Crippen LogP contribution < -0.4 is 4.74 Å². The lowest BCUT2D eigenvalue weighted by atomic mass is 10.0. The number of fused-ring (bicyclic) bond motifs is 1. The van der Waals surface area contributed by atoms with Crippen molar-refractivity contribution >= 4 is 5.91 Å². The molecule has 0 radical (unpaired) electrons. The van der Waals surface area contributed by atoms with Crippen molar-refractivity contribution in [1.82, 2.24) is 9.88 Å². The fourth-order valence-corrected chi connectivity index (χ4v) is 3.30. The normalized spacial score (nSPS) is 13.7. The molecule has 1 amide bonds. The van der Waals surface area contributed by atoms with Crippen molar-refractivity contribution < 1.29 is 9.53 Å². The summed E-state index contributed by atoms with van der Waals surface area (Å²) in [6.07, 6.45) is 2.52. The van der Waals surface area contributed by atoms with E-state index in [1.807, 2.05) is 41.3 Å². The summed E-state index contributed by atoms with van der Waals surface area (Å²) >= 11 is 0. The Labute approximate surface area is 159 Å². The molecular weight excluding hydrogens is 336 g/mol. The molecule has 0 fully saturated rings. The van der Waals surface area contributed by atoms with Gasteiger partial charge in [-0.05, 0) is 42.3 Å². The maximum atomic E-state index is 13.1. The predicted molar refractivity (Wildman–Crippen MR) is 106 cm³/mol. The lowest BCUT2D eigenvalue weighted by Gasteiger charge is -2.19. The number of amides is 1. The van der Waals surface area contributed by atoms with Gasteiger partial charge < -0.3 is 9.64 Å². The second-order valence-electron chi connectivity index (χ2n) is 6.79. The van der Waals surface area contributed by atoms with Crippen molar-refractivity contribution in [2.24, 2.45) is 0 Å². The summed E-state index contributed by atoms with van der Waals surface area (Å²) in [5, 5.41) is 0. The standard InChI is InChI=1S/C23H22N2O2/c1-17-5-7-18(8-6-17)19-9-10-22-21(16-19)23(26)25(14-15-27-22)13-11-20-4-2-3-12-24-20/h2-10,12,16H,11,13-15H2,1H3. The van der Waals surface area contributed by atoms with Crippen molar-refractivity contribution in [2.75, 3.05) is 19.7 Å². The van der Waals surface area contributed by atoms with Crippen molar-refractivity contribution in [2.45, 2.75) is 13.3 Å². The van der Waals surface area contributed by atoms with Gasteiger partial charge in [-0.3, -0.25) is 9.78 Å². The zero-order valence-electron chi connectivity index (χ0n) is 15.4. The molecule has 1 aliphatic rings. The van der Waals surface area contributed by atoms with Crippen LogP contribution in [-0.2, 0) is 6.42 Å². The van der Waals surface area contributed by atoms with E-state index in [9.17, 15) is 4.79 Å². The first-order valence-electron chi connectivity index (χ1n) is 9.24. The lowest BCUT2D eigenvalue weighted by molar-refractivity contribution is 0.0757. The molecule has 0 saturated carbocycles. The van der Waals surface area contributed by atoms with Crippen LogP contribution in [0.4, 0.5) is 0 Å². The Hall–Kier alpha value is -3.14. The molecule has 4 rings (SSSR count). The molecule has 2 aromatic carbocycles. The predicted octanol–water partition coefficient (Wildman–Crippen LogP) is 4.13. The van der Waals surface area contributed by atoms with Gasteiger partial charge in [0, 0.05) is 24.9 Å². The van der Waals surface area contributed by atoms with Crippen molar-refractivity contribution in [3.05, 3.63) is 83.7 Å². The molecular formula is C23H22N2O2. The third-order valence-electron chi connectivity index (χ3n) is 4.86. The van der Waals surface area contributed by atoms with Gasteiger partial charge in [-0.15, -0.1) is 0 Å². The fourth-order valence-electron chi connectivity index (χ4n) is 3.30. The van der Waals surface area contributed by atoms with Gasteiger partial charge in [-0.2, -0.15) is 0 Å². The first kappa shape index (κ1) is 17.3. The maximum Gasteiger partial charge on any atom is 0.257 e. The number of hydrogen-bond donors (Lipinski definition) is 0. The number of aromatic nitrogens is 1. The zero-order valence-corrected chi connectivity index (χ0v) is 15.4. The van der Waals surface area contributed by atoms with E-state index in [1.54, 1.807) is 6.20 Å². The average Bonchev–Trinajstić information content (AvgIpc) is 2.86. The summed E-state index contributed by atoms with van der Waals surface area (Å²) in [5.74, 6) is 0.684. The van der Waals surface area contributed by atoms with Crippen LogP contribution in [-0.4, -0.2) is 35.5 Å². The number of aryl methyl sites for hydroxylation is 1. The van der Waals surface area contributed by atoms with Gasteiger partial charge >= 0.3 is 0 Å². The van der Waals surface area contributed by atoms with Crippen LogP contribution in [0.3, 0.4) is 0 Å². The molecule has 2 heterocycles. The number of ether oxygens (including phenoxy) is 1. The Morgan fingerprint density at radius 3 is 2.63 bits per heavy atom. The summed E-state index contributed by atoms with van der Waals surface area (Å²) in [4.78, 5) is 19.3. The smallest absolute Gasteiger partial charge is 0.257 e. The van der Waals surface area contributed by atoms with E-state index in [0.717, 1.165) is 23.2 Å². The highest BCUT2D eigenvalue weighted by molar-refractivity contribution is 5.98. The summed E-state index contributed by atoms with van der Waals surface area (Å²) in [6.45, 7) is 3.79. The van der Waals surface area contributed by atoms with Crippen LogP contribution >= 0.6 is 0 Å². The number of benzene rings is 2. The Kier molecular flexibility index (Phi) is 4.88. The van der Waals surface area contributed by atoms with Crippen LogP contribution in [0.1, 0.15) is 21.6 Å². The number of pyridine rings is 1. The average molecular weight is 358 g/mol. The molecule has 0 N–H and O–H groups in total. The summed E-state index contributed by atoms with van der Waals surface area (Å²) in [5.41, 5.74) is 4.96. The monoisotopic (exact) mass is 358 g/mol. The molecule has 4 heteroatoms. The van der Waals surface area contributed by atoms with E-state index in [4.69, 9.17) is 4.74 Å². The maximum absolute atomic E-state index is 13.1. The highest BCUT2D eigenvalue weighted by Gasteiger charge is 2.24. The minimum absolute atomic E-state index is 0.0207. The number of nitrogens with zero attached hydrogens (tertiary/aromatic N) is 2. The van der Waals surface area contributed by atoms with E-state index < -0.39 is 0 Å². The number of hydrogen-bond acceptors (Lipinski definition) is 3. The summed E-state index contributed by atoms with van der Waals surface area (Å²) < 4.78 is 5.83. The van der Waals surface area contributed by atoms with Gasteiger partial charge in [0.2, 0.25) is 0 Å². The van der Waals surface area contributed by atoms with Gasteiger partial charge in [0.25, 0.3) is 5.91 Å². The van der Waals surface area contributed by atoms with Gasteiger partial charge in [-0.25, -0.2) is 0 Å². The van der Waals surface area contributed by atoms with Gasteiger partial charge in [0.05, 0.1) is 12.1 Å². The first-order chi connectivity index (χ1) is 13.2. The molecule has 1 aliphatic heterocycles. The fraction of sp³-hybridized carbons (Fsp3) is 0.217. The molecule has 0 atom stereocenters. The lowest BCUT2D eigenvalue weighted by Crippen LogP contribution is -2.34. The minimum atomic E-state index is 0.0207. The van der Waals surface area contributed by atoms with Gasteiger partial charge in [0.15, 0.2) is 0 Å². The topological polar surface area (TPSA) is 42.4 Å². The van der Waals surface area contributed by atoms with Crippen LogP contribution in [0.2, 0.25) is 0 Å². The molecule has 27 heavy (non-hydrogen) atoms. The first-order valence-corrected chi connectivity index (χ1v) is 9.24. The van der Waals surface area contributed by atoms with E-state index in [0.29, 0.717) is 31.0 Å². The second-order valence-corrected chi connectivity index (χ2v) is 6.79. The van der Waals surface area contributed by atoms with Crippen LogP contribution in [0, 0.1) is 6.92 Å². The molecule has 3 aromatic rings. The summed E-state index contributed by atoms with van der Waals surface area (Å²) in [6, 6.07) is 20.1. The van der Waals surface area contributed by atoms with E-state index in [-0.39, 0.29) is 5.91 Å². The minimum Gasteiger partial charge on any atom is -0.491 e. The van der Waals surface area contributed by atoms with Crippen LogP contribution in [0.25, 0.3) is 11.1 Å². The SMILES string of the molecule is Cc1ccc(-c2ccc3c(c2)C(=O)N(CCc2ccccn2)CCO3)cc1. The van der Waals surface area contributed by atoms with Crippen molar-refractivity contribution in [3.8, 4) is 16.9 Å². The van der Waals surface area contributed by atoms with Crippen molar-refractivity contribution in [3.63, 3.8) is 0 Å². The third-order valence-corrected chi connectivity index (χ3v) is 4.86. The Balaban J connectivity index is 1.58.